The number of imidazole rings is 1. The summed E-state index contributed by atoms with van der Waals surface area (Å²) >= 11 is 6.39. The molecular formula is C26H18ClF2N3O2. The van der Waals surface area contributed by atoms with Crippen molar-refractivity contribution in [1.29, 1.82) is 0 Å². The van der Waals surface area contributed by atoms with Gasteiger partial charge < -0.3 is 10.1 Å². The third kappa shape index (κ3) is 3.84. The van der Waals surface area contributed by atoms with Crippen molar-refractivity contribution in [2.24, 2.45) is 0 Å². The van der Waals surface area contributed by atoms with E-state index >= 15 is 0 Å². The number of benzene rings is 3. The van der Waals surface area contributed by atoms with Gasteiger partial charge in [-0.3, -0.25) is 9.20 Å². The Hall–Kier alpha value is -3.97. The van der Waals surface area contributed by atoms with Gasteiger partial charge >= 0.3 is 0 Å². The van der Waals surface area contributed by atoms with Gasteiger partial charge in [-0.25, -0.2) is 13.8 Å². The molecule has 5 aromatic rings. The molecule has 0 radical (unpaired) electrons. The molecule has 170 valence electrons. The van der Waals surface area contributed by atoms with E-state index in [2.05, 4.69) is 10.3 Å². The minimum atomic E-state index is -0.694. The van der Waals surface area contributed by atoms with Crippen molar-refractivity contribution in [1.82, 2.24) is 9.38 Å². The lowest BCUT2D eigenvalue weighted by molar-refractivity contribution is 0.102. The topological polar surface area (TPSA) is 55.6 Å². The second-order valence-electron chi connectivity index (χ2n) is 7.70. The summed E-state index contributed by atoms with van der Waals surface area (Å²) in [5.74, 6) is -1.48. The SMILES string of the molecule is Cc1nc2c(OCc3c(F)cccc3F)cccn2c1C(=O)Nc1cccc2cccc(Cl)c12. The zero-order chi connectivity index (χ0) is 23.8. The van der Waals surface area contributed by atoms with Crippen LogP contribution < -0.4 is 10.1 Å². The number of ether oxygens (including phenoxy) is 1. The number of rotatable bonds is 5. The average Bonchev–Trinajstić information content (AvgIpc) is 3.15. The van der Waals surface area contributed by atoms with Gasteiger partial charge in [-0.1, -0.05) is 41.9 Å². The van der Waals surface area contributed by atoms with Gasteiger partial charge in [0.1, 0.15) is 23.9 Å². The predicted molar refractivity (Wildman–Crippen MR) is 128 cm³/mol. The third-order valence-electron chi connectivity index (χ3n) is 5.54. The van der Waals surface area contributed by atoms with Crippen LogP contribution in [0, 0.1) is 18.6 Å². The van der Waals surface area contributed by atoms with Gasteiger partial charge in [-0.05, 0) is 48.7 Å². The largest absolute Gasteiger partial charge is 0.485 e. The highest BCUT2D eigenvalue weighted by atomic mass is 35.5. The van der Waals surface area contributed by atoms with E-state index in [1.807, 2.05) is 24.3 Å². The Morgan fingerprint density at radius 2 is 1.74 bits per heavy atom. The van der Waals surface area contributed by atoms with Crippen molar-refractivity contribution >= 4 is 39.6 Å². The first-order valence-corrected chi connectivity index (χ1v) is 10.8. The monoisotopic (exact) mass is 477 g/mol. The Bertz CT molecular complexity index is 1540. The fourth-order valence-corrected chi connectivity index (χ4v) is 4.23. The first-order chi connectivity index (χ1) is 16.4. The van der Waals surface area contributed by atoms with Crippen LogP contribution in [0.3, 0.4) is 0 Å². The molecule has 34 heavy (non-hydrogen) atoms. The normalized spacial score (nSPS) is 11.2. The molecule has 0 aliphatic heterocycles. The Balaban J connectivity index is 1.48. The van der Waals surface area contributed by atoms with Crippen LogP contribution in [-0.2, 0) is 6.61 Å². The molecule has 0 aliphatic carbocycles. The Morgan fingerprint density at radius 3 is 2.50 bits per heavy atom. The molecule has 5 rings (SSSR count). The van der Waals surface area contributed by atoms with Gasteiger partial charge in [0.2, 0.25) is 0 Å². The second kappa shape index (κ2) is 8.76. The minimum Gasteiger partial charge on any atom is -0.485 e. The number of nitrogens with one attached hydrogen (secondary N) is 1. The maximum atomic E-state index is 14.0. The minimum absolute atomic E-state index is 0.182. The van der Waals surface area contributed by atoms with Crippen molar-refractivity contribution in [3.05, 3.63) is 107 Å². The Labute approximate surface area is 198 Å². The van der Waals surface area contributed by atoms with E-state index in [4.69, 9.17) is 16.3 Å². The molecule has 0 atom stereocenters. The fraction of sp³-hybridized carbons (Fsp3) is 0.0769. The number of hydrogen-bond acceptors (Lipinski definition) is 3. The van der Waals surface area contributed by atoms with Crippen LogP contribution in [0.15, 0.2) is 72.9 Å². The molecule has 0 saturated heterocycles. The number of hydrogen-bond donors (Lipinski definition) is 1. The maximum Gasteiger partial charge on any atom is 0.274 e. The molecule has 0 unspecified atom stereocenters. The lowest BCUT2D eigenvalue weighted by atomic mass is 10.1. The molecule has 5 nitrogen and oxygen atoms in total. The van der Waals surface area contributed by atoms with E-state index in [-0.39, 0.29) is 18.1 Å². The highest BCUT2D eigenvalue weighted by molar-refractivity contribution is 6.37. The maximum absolute atomic E-state index is 14.0. The van der Waals surface area contributed by atoms with Gasteiger partial charge in [0.25, 0.3) is 5.91 Å². The van der Waals surface area contributed by atoms with Gasteiger partial charge in [0.05, 0.1) is 22.0 Å². The quantitative estimate of drug-likeness (QED) is 0.312. The van der Waals surface area contributed by atoms with Crippen molar-refractivity contribution in [3.8, 4) is 5.75 Å². The summed E-state index contributed by atoms with van der Waals surface area (Å²) in [4.78, 5) is 17.8. The summed E-state index contributed by atoms with van der Waals surface area (Å²) in [6.07, 6.45) is 1.68. The van der Waals surface area contributed by atoms with E-state index < -0.39 is 11.6 Å². The van der Waals surface area contributed by atoms with Crippen LogP contribution in [0.2, 0.25) is 5.02 Å². The smallest absolute Gasteiger partial charge is 0.274 e. The first-order valence-electron chi connectivity index (χ1n) is 10.5. The lowest BCUT2D eigenvalue weighted by Gasteiger charge is -2.11. The number of carbonyl (C=O) groups excluding carboxylic acids is 1. The summed E-state index contributed by atoms with van der Waals surface area (Å²) in [6.45, 7) is 1.39. The van der Waals surface area contributed by atoms with Crippen LogP contribution in [0.4, 0.5) is 14.5 Å². The summed E-state index contributed by atoms with van der Waals surface area (Å²) < 4.78 is 35.3. The summed E-state index contributed by atoms with van der Waals surface area (Å²) in [6, 6.07) is 18.0. The van der Waals surface area contributed by atoms with Crippen LogP contribution in [-0.4, -0.2) is 15.3 Å². The predicted octanol–water partition coefficient (Wildman–Crippen LogP) is 6.56. The van der Waals surface area contributed by atoms with E-state index in [9.17, 15) is 13.6 Å². The lowest BCUT2D eigenvalue weighted by Crippen LogP contribution is -2.16. The highest BCUT2D eigenvalue weighted by Gasteiger charge is 2.20. The standard InChI is InChI=1S/C26H18ClF2N3O2/c1-15-24(26(33)31-21-11-3-7-16-6-2-8-18(27)23(16)21)32-13-5-12-22(25(32)30-15)34-14-17-19(28)9-4-10-20(17)29/h2-13H,14H2,1H3,(H,31,33). The first kappa shape index (κ1) is 21.9. The van der Waals surface area contributed by atoms with E-state index in [0.29, 0.717) is 33.5 Å². The molecule has 8 heteroatoms. The molecular weight excluding hydrogens is 460 g/mol. The number of amides is 1. The van der Waals surface area contributed by atoms with Crippen LogP contribution in [0.5, 0.6) is 5.75 Å². The molecule has 2 heterocycles. The number of pyridine rings is 1. The average molecular weight is 478 g/mol. The molecule has 0 aliphatic rings. The van der Waals surface area contributed by atoms with Crippen molar-refractivity contribution in [3.63, 3.8) is 0 Å². The zero-order valence-electron chi connectivity index (χ0n) is 18.0. The molecule has 0 spiro atoms. The number of fused-ring (bicyclic) bond motifs is 2. The number of nitrogens with zero attached hydrogens (tertiary/aromatic N) is 2. The summed E-state index contributed by atoms with van der Waals surface area (Å²) in [5, 5.41) is 5.09. The molecule has 0 saturated carbocycles. The molecule has 0 fully saturated rings. The Morgan fingerprint density at radius 1 is 1.03 bits per heavy atom. The molecule has 1 N–H and O–H groups in total. The summed E-state index contributed by atoms with van der Waals surface area (Å²) in [5.41, 5.74) is 1.53. The van der Waals surface area contributed by atoms with Gasteiger partial charge in [-0.15, -0.1) is 0 Å². The number of aryl methyl sites for hydroxylation is 1. The van der Waals surface area contributed by atoms with Gasteiger partial charge in [0, 0.05) is 11.6 Å². The van der Waals surface area contributed by atoms with Crippen LogP contribution in [0.25, 0.3) is 16.4 Å². The van der Waals surface area contributed by atoms with Crippen molar-refractivity contribution < 1.29 is 18.3 Å². The van der Waals surface area contributed by atoms with E-state index in [1.54, 1.807) is 41.8 Å². The second-order valence-corrected chi connectivity index (χ2v) is 8.11. The van der Waals surface area contributed by atoms with E-state index in [1.165, 1.54) is 18.2 Å². The van der Waals surface area contributed by atoms with Crippen molar-refractivity contribution in [2.45, 2.75) is 13.5 Å². The third-order valence-corrected chi connectivity index (χ3v) is 5.85. The molecule has 0 bridgehead atoms. The number of halogens is 3. The van der Waals surface area contributed by atoms with Gasteiger partial charge in [0.15, 0.2) is 11.4 Å². The highest BCUT2D eigenvalue weighted by Crippen LogP contribution is 2.31. The van der Waals surface area contributed by atoms with Gasteiger partial charge in [-0.2, -0.15) is 0 Å². The summed E-state index contributed by atoms with van der Waals surface area (Å²) in [7, 11) is 0. The fourth-order valence-electron chi connectivity index (χ4n) is 3.94. The zero-order valence-corrected chi connectivity index (χ0v) is 18.7. The van der Waals surface area contributed by atoms with Crippen LogP contribution in [0.1, 0.15) is 21.7 Å². The number of aromatic nitrogens is 2. The molecule has 2 aromatic heterocycles. The molecule has 1 amide bonds. The molecule has 3 aromatic carbocycles. The van der Waals surface area contributed by atoms with Crippen LogP contribution >= 0.6 is 11.6 Å². The number of anilines is 1. The van der Waals surface area contributed by atoms with E-state index in [0.717, 1.165) is 10.8 Å². The van der Waals surface area contributed by atoms with Crippen molar-refractivity contribution in [2.75, 3.05) is 5.32 Å². The number of carbonyl (C=O) groups is 1. The Kier molecular flexibility index (Phi) is 5.63.